The Morgan fingerprint density at radius 3 is 2.52 bits per heavy atom. The summed E-state index contributed by atoms with van der Waals surface area (Å²) in [4.78, 5) is 17.9. The van der Waals surface area contributed by atoms with Gasteiger partial charge in [0.15, 0.2) is 0 Å². The van der Waals surface area contributed by atoms with Crippen molar-refractivity contribution in [3.05, 3.63) is 59.2 Å². The number of fused-ring (bicyclic) bond motifs is 1. The van der Waals surface area contributed by atoms with Crippen molar-refractivity contribution in [2.45, 2.75) is 74.5 Å². The number of ether oxygens (including phenoxy) is 1. The Labute approximate surface area is 194 Å². The molecule has 2 spiro atoms. The summed E-state index contributed by atoms with van der Waals surface area (Å²) < 4.78 is 6.34. The molecule has 6 heteroatoms. The van der Waals surface area contributed by atoms with Crippen molar-refractivity contribution in [1.82, 2.24) is 9.80 Å². The van der Waals surface area contributed by atoms with E-state index in [0.29, 0.717) is 0 Å². The third-order valence-corrected chi connectivity index (χ3v) is 9.83. The summed E-state index contributed by atoms with van der Waals surface area (Å²) >= 11 is 0. The number of benzene rings is 2. The SMILES string of the molecule is CC(=O)N1CC[C@@]23c4ccccc4NC4Nc5cccc6c5C42CCN(C6C2OC2(C)C)C13. The Kier molecular flexibility index (Phi) is 3.17. The highest BCUT2D eigenvalue weighted by Gasteiger charge is 2.76. The third kappa shape index (κ3) is 1.88. The first kappa shape index (κ1) is 18.8. The highest BCUT2D eigenvalue weighted by molar-refractivity contribution is 5.79. The predicted octanol–water partition coefficient (Wildman–Crippen LogP) is 3.56. The zero-order valence-electron chi connectivity index (χ0n) is 19.4. The van der Waals surface area contributed by atoms with Crippen LogP contribution in [0.5, 0.6) is 0 Å². The first-order valence-corrected chi connectivity index (χ1v) is 12.4. The number of carbonyl (C=O) groups excluding carboxylic acids is 1. The van der Waals surface area contributed by atoms with E-state index in [1.54, 1.807) is 6.92 Å². The molecule has 2 N–H and O–H groups in total. The van der Waals surface area contributed by atoms with Gasteiger partial charge < -0.3 is 20.3 Å². The molecule has 0 aliphatic carbocycles. The minimum Gasteiger partial charge on any atom is -0.365 e. The standard InChI is InChI=1S/C27H30N4O2/c1-15(32)30-13-11-26-17-8-4-5-9-18(17)28-23-27(26)12-14-31(24(26)30)21(22-25(2,3)33-22)16-7-6-10-19(29-23)20(16)27/h4-10,21-24,28-29H,11-14H2,1-3H3/t21?,22?,23?,24?,26-,27?/m0/s1. The number of nitrogens with zero attached hydrogens (tertiary/aromatic N) is 2. The van der Waals surface area contributed by atoms with Crippen LogP contribution in [-0.2, 0) is 20.4 Å². The molecule has 6 nitrogen and oxygen atoms in total. The van der Waals surface area contributed by atoms with Gasteiger partial charge in [0, 0.05) is 36.8 Å². The maximum absolute atomic E-state index is 13.1. The molecule has 8 rings (SSSR count). The zero-order valence-corrected chi connectivity index (χ0v) is 19.4. The van der Waals surface area contributed by atoms with Crippen molar-refractivity contribution >= 4 is 17.3 Å². The van der Waals surface area contributed by atoms with Crippen LogP contribution in [0.1, 0.15) is 56.3 Å². The van der Waals surface area contributed by atoms with Crippen molar-refractivity contribution < 1.29 is 9.53 Å². The van der Waals surface area contributed by atoms with Crippen molar-refractivity contribution in [1.29, 1.82) is 0 Å². The van der Waals surface area contributed by atoms with Crippen molar-refractivity contribution in [3.8, 4) is 0 Å². The van der Waals surface area contributed by atoms with Gasteiger partial charge in [-0.3, -0.25) is 9.69 Å². The van der Waals surface area contributed by atoms with Gasteiger partial charge in [0.1, 0.15) is 12.3 Å². The summed E-state index contributed by atoms with van der Waals surface area (Å²) in [5.41, 5.74) is 6.30. The van der Waals surface area contributed by atoms with Crippen LogP contribution in [0.25, 0.3) is 0 Å². The highest BCUT2D eigenvalue weighted by Crippen LogP contribution is 2.71. The second kappa shape index (κ2) is 5.56. The van der Waals surface area contributed by atoms with Crippen molar-refractivity contribution in [2.24, 2.45) is 0 Å². The predicted molar refractivity (Wildman–Crippen MR) is 126 cm³/mol. The van der Waals surface area contributed by atoms with E-state index in [2.05, 4.69) is 76.7 Å². The fourth-order valence-electron chi connectivity index (χ4n) is 8.69. The van der Waals surface area contributed by atoms with E-state index in [1.807, 2.05) is 0 Å². The molecule has 0 aromatic heterocycles. The maximum atomic E-state index is 13.1. The lowest BCUT2D eigenvalue weighted by atomic mass is 9.50. The summed E-state index contributed by atoms with van der Waals surface area (Å²) in [5.74, 6) is 0.179. The second-order valence-electron chi connectivity index (χ2n) is 11.4. The van der Waals surface area contributed by atoms with Crippen LogP contribution >= 0.6 is 0 Å². The van der Waals surface area contributed by atoms with Gasteiger partial charge in [-0.05, 0) is 55.5 Å². The fourth-order valence-corrected chi connectivity index (χ4v) is 8.69. The number of anilines is 2. The molecular weight excluding hydrogens is 412 g/mol. The molecule has 3 saturated heterocycles. The number of hydrogen-bond donors (Lipinski definition) is 2. The number of hydrogen-bond acceptors (Lipinski definition) is 5. The summed E-state index contributed by atoms with van der Waals surface area (Å²) in [5, 5.41) is 7.82. The molecule has 6 aliphatic rings. The lowest BCUT2D eigenvalue weighted by molar-refractivity contribution is -0.140. The number of rotatable bonds is 1. The van der Waals surface area contributed by atoms with E-state index in [0.717, 1.165) is 25.9 Å². The van der Waals surface area contributed by atoms with Gasteiger partial charge in [0.25, 0.3) is 0 Å². The zero-order chi connectivity index (χ0) is 22.3. The van der Waals surface area contributed by atoms with E-state index in [1.165, 1.54) is 28.1 Å². The normalized spacial score (nSPS) is 41.9. The van der Waals surface area contributed by atoms with Gasteiger partial charge in [0.05, 0.1) is 23.2 Å². The van der Waals surface area contributed by atoms with Crippen LogP contribution in [0, 0.1) is 0 Å². The Morgan fingerprint density at radius 1 is 1.00 bits per heavy atom. The fraction of sp³-hybridized carbons (Fsp3) is 0.519. The molecule has 170 valence electrons. The van der Waals surface area contributed by atoms with E-state index in [-0.39, 0.29) is 46.8 Å². The smallest absolute Gasteiger partial charge is 0.220 e. The third-order valence-electron chi connectivity index (χ3n) is 9.83. The van der Waals surface area contributed by atoms with E-state index < -0.39 is 0 Å². The topological polar surface area (TPSA) is 60.1 Å². The number of para-hydroxylation sites is 1. The molecule has 2 bridgehead atoms. The quantitative estimate of drug-likeness (QED) is 0.662. The Balaban J connectivity index is 1.50. The number of likely N-dealkylation sites (tertiary alicyclic amines) is 1. The molecule has 6 aliphatic heterocycles. The number of carbonyl (C=O) groups is 1. The average Bonchev–Trinajstić information content (AvgIpc) is 3.13. The molecule has 6 unspecified atom stereocenters. The van der Waals surface area contributed by atoms with E-state index >= 15 is 0 Å². The molecule has 2 aromatic carbocycles. The van der Waals surface area contributed by atoms with Crippen molar-refractivity contribution in [2.75, 3.05) is 23.7 Å². The molecule has 0 radical (unpaired) electrons. The van der Waals surface area contributed by atoms with Crippen LogP contribution in [0.15, 0.2) is 42.5 Å². The minimum absolute atomic E-state index is 0.0275. The average molecular weight is 443 g/mol. The highest BCUT2D eigenvalue weighted by atomic mass is 16.6. The molecule has 0 saturated carbocycles. The van der Waals surface area contributed by atoms with Gasteiger partial charge in [-0.1, -0.05) is 30.3 Å². The van der Waals surface area contributed by atoms with Crippen LogP contribution in [0.3, 0.4) is 0 Å². The first-order valence-electron chi connectivity index (χ1n) is 12.4. The van der Waals surface area contributed by atoms with Crippen LogP contribution in [-0.4, -0.2) is 52.8 Å². The lowest BCUT2D eigenvalue weighted by Crippen LogP contribution is -2.72. The summed E-state index contributed by atoms with van der Waals surface area (Å²) in [7, 11) is 0. The van der Waals surface area contributed by atoms with E-state index in [9.17, 15) is 4.79 Å². The van der Waals surface area contributed by atoms with E-state index in [4.69, 9.17) is 4.74 Å². The summed E-state index contributed by atoms with van der Waals surface area (Å²) in [6, 6.07) is 15.8. The number of nitrogens with one attached hydrogen (secondary N) is 2. The monoisotopic (exact) mass is 442 g/mol. The molecule has 33 heavy (non-hydrogen) atoms. The van der Waals surface area contributed by atoms with Crippen molar-refractivity contribution in [3.63, 3.8) is 0 Å². The summed E-state index contributed by atoms with van der Waals surface area (Å²) in [6.45, 7) is 7.93. The van der Waals surface area contributed by atoms with Gasteiger partial charge >= 0.3 is 0 Å². The van der Waals surface area contributed by atoms with Gasteiger partial charge in [-0.15, -0.1) is 0 Å². The largest absolute Gasteiger partial charge is 0.365 e. The maximum Gasteiger partial charge on any atom is 0.220 e. The van der Waals surface area contributed by atoms with Gasteiger partial charge in [-0.25, -0.2) is 0 Å². The summed E-state index contributed by atoms with van der Waals surface area (Å²) in [6.07, 6.45) is 2.33. The second-order valence-corrected chi connectivity index (χ2v) is 11.4. The Hall–Kier alpha value is -2.57. The number of amides is 1. The van der Waals surface area contributed by atoms with Gasteiger partial charge in [-0.2, -0.15) is 0 Å². The molecule has 1 amide bonds. The molecule has 7 atom stereocenters. The first-order chi connectivity index (χ1) is 15.9. The van der Waals surface area contributed by atoms with Crippen LogP contribution in [0.2, 0.25) is 0 Å². The molecule has 3 fully saturated rings. The number of piperidine rings is 1. The van der Waals surface area contributed by atoms with Crippen LogP contribution < -0.4 is 10.6 Å². The lowest BCUT2D eigenvalue weighted by Gasteiger charge is -2.61. The number of epoxide rings is 1. The Bertz CT molecular complexity index is 1240. The van der Waals surface area contributed by atoms with Gasteiger partial charge in [0.2, 0.25) is 5.91 Å². The molecule has 2 aromatic rings. The van der Waals surface area contributed by atoms with Crippen LogP contribution in [0.4, 0.5) is 11.4 Å². The molecular formula is C27H30N4O2. The Morgan fingerprint density at radius 2 is 1.73 bits per heavy atom. The molecule has 6 heterocycles. The minimum atomic E-state index is -0.161.